The van der Waals surface area contributed by atoms with Crippen LogP contribution in [0.5, 0.6) is 0 Å². The number of fused-ring (bicyclic) bond motifs is 1. The van der Waals surface area contributed by atoms with Crippen LogP contribution in [-0.4, -0.2) is 22.4 Å². The van der Waals surface area contributed by atoms with Gasteiger partial charge in [-0.05, 0) is 49.4 Å². The molecule has 0 fully saturated rings. The Labute approximate surface area is 123 Å². The summed E-state index contributed by atoms with van der Waals surface area (Å²) in [5.74, 6) is 0.440. The summed E-state index contributed by atoms with van der Waals surface area (Å²) in [5.41, 5.74) is 3.86. The number of hydrogen-bond donors (Lipinski definition) is 2. The van der Waals surface area contributed by atoms with Gasteiger partial charge >= 0.3 is 0 Å². The van der Waals surface area contributed by atoms with Crippen LogP contribution in [0.1, 0.15) is 35.0 Å². The van der Waals surface area contributed by atoms with Crippen molar-refractivity contribution in [1.82, 2.24) is 9.97 Å². The molecule has 1 heterocycles. The number of carbonyl (C=O) groups excluding carboxylic acids is 1. The third kappa shape index (κ3) is 3.02. The lowest BCUT2D eigenvalue weighted by Crippen LogP contribution is -2.14. The fourth-order valence-electron chi connectivity index (χ4n) is 2.56. The molecule has 2 aromatic rings. The molecule has 1 aromatic heterocycles. The standard InChI is InChI=1S/C16H18N4O/c1-2-17-15-10-18-14(9-19-15)16(21)20-13-7-6-11-4-3-5-12(11)8-13/h6-10H,2-5H2,1H3,(H,17,19)(H,20,21). The first-order chi connectivity index (χ1) is 10.3. The lowest BCUT2D eigenvalue weighted by Gasteiger charge is -2.07. The van der Waals surface area contributed by atoms with Gasteiger partial charge in [-0.25, -0.2) is 9.97 Å². The van der Waals surface area contributed by atoms with Crippen molar-refractivity contribution in [2.24, 2.45) is 0 Å². The smallest absolute Gasteiger partial charge is 0.275 e. The van der Waals surface area contributed by atoms with Gasteiger partial charge in [0.25, 0.3) is 5.91 Å². The van der Waals surface area contributed by atoms with E-state index in [1.807, 2.05) is 13.0 Å². The van der Waals surface area contributed by atoms with E-state index in [0.29, 0.717) is 11.5 Å². The normalized spacial score (nSPS) is 12.8. The molecule has 0 spiro atoms. The van der Waals surface area contributed by atoms with Gasteiger partial charge in [-0.3, -0.25) is 4.79 Å². The first-order valence-electron chi connectivity index (χ1n) is 7.25. The van der Waals surface area contributed by atoms with Gasteiger partial charge in [0.2, 0.25) is 0 Å². The SMILES string of the molecule is CCNc1cnc(C(=O)Nc2ccc3c(c2)CCC3)cn1. The summed E-state index contributed by atoms with van der Waals surface area (Å²) in [5, 5.41) is 5.92. The summed E-state index contributed by atoms with van der Waals surface area (Å²) in [4.78, 5) is 20.4. The first-order valence-corrected chi connectivity index (χ1v) is 7.25. The van der Waals surface area contributed by atoms with Gasteiger partial charge in [-0.1, -0.05) is 6.07 Å². The van der Waals surface area contributed by atoms with Gasteiger partial charge in [0.15, 0.2) is 0 Å². The number of rotatable bonds is 4. The molecule has 0 aliphatic heterocycles. The maximum atomic E-state index is 12.1. The number of amides is 1. The van der Waals surface area contributed by atoms with Crippen molar-refractivity contribution in [3.05, 3.63) is 47.4 Å². The second-order valence-electron chi connectivity index (χ2n) is 5.11. The second kappa shape index (κ2) is 5.91. The predicted octanol–water partition coefficient (Wildman–Crippen LogP) is 2.65. The zero-order valence-electron chi connectivity index (χ0n) is 12.0. The first kappa shape index (κ1) is 13.5. The van der Waals surface area contributed by atoms with E-state index in [4.69, 9.17) is 0 Å². The van der Waals surface area contributed by atoms with Gasteiger partial charge < -0.3 is 10.6 Å². The Morgan fingerprint density at radius 2 is 2.05 bits per heavy atom. The maximum absolute atomic E-state index is 12.1. The highest BCUT2D eigenvalue weighted by Gasteiger charge is 2.13. The molecule has 1 aromatic carbocycles. The van der Waals surface area contributed by atoms with Crippen LogP contribution >= 0.6 is 0 Å². The largest absolute Gasteiger partial charge is 0.369 e. The van der Waals surface area contributed by atoms with E-state index in [1.54, 1.807) is 6.20 Å². The zero-order chi connectivity index (χ0) is 14.7. The van der Waals surface area contributed by atoms with E-state index in [9.17, 15) is 4.79 Å². The Kier molecular flexibility index (Phi) is 3.81. The fraction of sp³-hybridized carbons (Fsp3) is 0.312. The van der Waals surface area contributed by atoms with Crippen molar-refractivity contribution in [3.63, 3.8) is 0 Å². The molecule has 0 saturated carbocycles. The van der Waals surface area contributed by atoms with E-state index < -0.39 is 0 Å². The van der Waals surface area contributed by atoms with Crippen LogP contribution < -0.4 is 10.6 Å². The van der Waals surface area contributed by atoms with Crippen LogP contribution in [0, 0.1) is 0 Å². The van der Waals surface area contributed by atoms with Crippen LogP contribution in [0.25, 0.3) is 0 Å². The van der Waals surface area contributed by atoms with Crippen molar-refractivity contribution in [1.29, 1.82) is 0 Å². The van der Waals surface area contributed by atoms with Crippen LogP contribution in [0.3, 0.4) is 0 Å². The number of nitrogens with one attached hydrogen (secondary N) is 2. The molecule has 0 radical (unpaired) electrons. The highest BCUT2D eigenvalue weighted by molar-refractivity contribution is 6.02. The third-order valence-electron chi connectivity index (χ3n) is 3.60. The van der Waals surface area contributed by atoms with E-state index in [1.165, 1.54) is 23.7 Å². The number of benzene rings is 1. The van der Waals surface area contributed by atoms with E-state index in [2.05, 4.69) is 32.7 Å². The monoisotopic (exact) mass is 282 g/mol. The zero-order valence-corrected chi connectivity index (χ0v) is 12.0. The molecule has 3 rings (SSSR count). The predicted molar refractivity (Wildman–Crippen MR) is 82.6 cm³/mol. The maximum Gasteiger partial charge on any atom is 0.275 e. The summed E-state index contributed by atoms with van der Waals surface area (Å²) in [7, 11) is 0. The minimum absolute atomic E-state index is 0.233. The van der Waals surface area contributed by atoms with Crippen LogP contribution in [0.4, 0.5) is 11.5 Å². The topological polar surface area (TPSA) is 66.9 Å². The van der Waals surface area contributed by atoms with Crippen LogP contribution in [0.2, 0.25) is 0 Å². The van der Waals surface area contributed by atoms with E-state index >= 15 is 0 Å². The lowest BCUT2D eigenvalue weighted by molar-refractivity contribution is 0.102. The van der Waals surface area contributed by atoms with Crippen molar-refractivity contribution >= 4 is 17.4 Å². The summed E-state index contributed by atoms with van der Waals surface area (Å²) in [6, 6.07) is 6.10. The van der Waals surface area contributed by atoms with Gasteiger partial charge in [0.1, 0.15) is 11.5 Å². The summed E-state index contributed by atoms with van der Waals surface area (Å²) in [6.07, 6.45) is 6.49. The number of hydrogen-bond acceptors (Lipinski definition) is 4. The highest BCUT2D eigenvalue weighted by atomic mass is 16.1. The van der Waals surface area contributed by atoms with Crippen LogP contribution in [0.15, 0.2) is 30.6 Å². The Bertz CT molecular complexity index is 652. The summed E-state index contributed by atoms with van der Waals surface area (Å²) in [6.45, 7) is 2.76. The minimum Gasteiger partial charge on any atom is -0.369 e. The quantitative estimate of drug-likeness (QED) is 0.904. The summed E-state index contributed by atoms with van der Waals surface area (Å²) < 4.78 is 0. The molecule has 108 valence electrons. The van der Waals surface area contributed by atoms with Gasteiger partial charge in [-0.2, -0.15) is 0 Å². The molecule has 2 N–H and O–H groups in total. The highest BCUT2D eigenvalue weighted by Crippen LogP contribution is 2.25. The number of carbonyl (C=O) groups is 1. The third-order valence-corrected chi connectivity index (χ3v) is 3.60. The molecule has 5 heteroatoms. The number of aromatic nitrogens is 2. The average Bonchev–Trinajstić information content (AvgIpc) is 2.96. The Morgan fingerprint density at radius 3 is 2.81 bits per heavy atom. The Balaban J connectivity index is 1.71. The average molecular weight is 282 g/mol. The molecule has 5 nitrogen and oxygen atoms in total. The van der Waals surface area contributed by atoms with Crippen LogP contribution in [-0.2, 0) is 12.8 Å². The van der Waals surface area contributed by atoms with Crippen molar-refractivity contribution in [2.45, 2.75) is 26.2 Å². The molecule has 0 unspecified atom stereocenters. The second-order valence-corrected chi connectivity index (χ2v) is 5.11. The molecule has 0 atom stereocenters. The number of aryl methyl sites for hydroxylation is 2. The van der Waals surface area contributed by atoms with Gasteiger partial charge in [-0.15, -0.1) is 0 Å². The molecular formula is C16H18N4O. The number of nitrogens with zero attached hydrogens (tertiary/aromatic N) is 2. The summed E-state index contributed by atoms with van der Waals surface area (Å²) >= 11 is 0. The van der Waals surface area contributed by atoms with Crippen molar-refractivity contribution in [3.8, 4) is 0 Å². The molecule has 0 saturated heterocycles. The molecule has 21 heavy (non-hydrogen) atoms. The van der Waals surface area contributed by atoms with Gasteiger partial charge in [0.05, 0.1) is 12.4 Å². The molecular weight excluding hydrogens is 264 g/mol. The van der Waals surface area contributed by atoms with Crippen molar-refractivity contribution in [2.75, 3.05) is 17.2 Å². The van der Waals surface area contributed by atoms with Crippen molar-refractivity contribution < 1.29 is 4.79 Å². The molecule has 0 bridgehead atoms. The molecule has 1 aliphatic carbocycles. The van der Waals surface area contributed by atoms with E-state index in [-0.39, 0.29) is 5.91 Å². The van der Waals surface area contributed by atoms with E-state index in [0.717, 1.165) is 25.1 Å². The Morgan fingerprint density at radius 1 is 1.19 bits per heavy atom. The number of anilines is 2. The Hall–Kier alpha value is -2.43. The molecule has 1 aliphatic rings. The molecule has 1 amide bonds. The minimum atomic E-state index is -0.233. The lowest BCUT2D eigenvalue weighted by atomic mass is 10.1. The van der Waals surface area contributed by atoms with Gasteiger partial charge in [0, 0.05) is 12.2 Å². The fourth-order valence-corrected chi connectivity index (χ4v) is 2.56.